The Labute approximate surface area is 154 Å². The summed E-state index contributed by atoms with van der Waals surface area (Å²) in [7, 11) is 0. The number of fused-ring (bicyclic) bond motifs is 1. The number of carbonyl (C=O) groups is 1. The number of benzene rings is 3. The van der Waals surface area contributed by atoms with Crippen LogP contribution in [0.15, 0.2) is 71.2 Å². The zero-order valence-electron chi connectivity index (χ0n) is 13.4. The summed E-state index contributed by atoms with van der Waals surface area (Å²) in [5.41, 5.74) is 4.78. The summed E-state index contributed by atoms with van der Waals surface area (Å²) in [6, 6.07) is 21.4. The normalized spacial score (nSPS) is 15.7. The summed E-state index contributed by atoms with van der Waals surface area (Å²) in [4.78, 5) is 12.5. The molecule has 25 heavy (non-hydrogen) atoms. The Hall–Kier alpha value is -2.59. The first-order valence-electron chi connectivity index (χ1n) is 8.09. The molecule has 3 aromatic carbocycles. The van der Waals surface area contributed by atoms with Gasteiger partial charge in [-0.3, -0.25) is 4.79 Å². The average molecular weight is 394 g/mol. The van der Waals surface area contributed by atoms with Crippen LogP contribution in [-0.4, -0.2) is 11.0 Å². The average Bonchev–Trinajstić information content (AvgIpc) is 2.93. The Morgan fingerprint density at radius 3 is 2.56 bits per heavy atom. The van der Waals surface area contributed by atoms with Crippen LogP contribution in [0.3, 0.4) is 0 Å². The number of hydrogen-bond donors (Lipinski definition) is 2. The number of phenols is 1. The highest BCUT2D eigenvalue weighted by molar-refractivity contribution is 9.10. The standard InChI is InChI=1S/C21H16BrNO2/c22-16-7-9-20(24)15(10-16)11-18-17-8-6-14(12-19(17)23-21(18)25)13-4-2-1-3-5-13/h1-10,12,18,24H,11H2,(H,23,25). The number of nitrogens with one attached hydrogen (secondary N) is 1. The van der Waals surface area contributed by atoms with Gasteiger partial charge in [-0.05, 0) is 52.9 Å². The van der Waals surface area contributed by atoms with Crippen LogP contribution in [0, 0.1) is 0 Å². The van der Waals surface area contributed by atoms with Crippen LogP contribution in [0.4, 0.5) is 5.69 Å². The maximum Gasteiger partial charge on any atom is 0.232 e. The van der Waals surface area contributed by atoms with E-state index >= 15 is 0 Å². The third-order valence-electron chi connectivity index (χ3n) is 4.58. The zero-order chi connectivity index (χ0) is 17.4. The lowest BCUT2D eigenvalue weighted by Crippen LogP contribution is -2.14. The molecule has 1 amide bonds. The van der Waals surface area contributed by atoms with Gasteiger partial charge in [-0.15, -0.1) is 0 Å². The molecule has 1 atom stereocenters. The summed E-state index contributed by atoms with van der Waals surface area (Å²) in [5, 5.41) is 13.0. The molecule has 0 fully saturated rings. The van der Waals surface area contributed by atoms with Gasteiger partial charge in [-0.1, -0.05) is 58.4 Å². The van der Waals surface area contributed by atoms with Gasteiger partial charge in [0.05, 0.1) is 5.92 Å². The molecule has 0 aliphatic carbocycles. The lowest BCUT2D eigenvalue weighted by molar-refractivity contribution is -0.117. The Bertz CT molecular complexity index is 953. The SMILES string of the molecule is O=C1Nc2cc(-c3ccccc3)ccc2C1Cc1cc(Br)ccc1O. The number of carbonyl (C=O) groups excluding carboxylic acids is 1. The Morgan fingerprint density at radius 2 is 1.76 bits per heavy atom. The van der Waals surface area contributed by atoms with E-state index < -0.39 is 0 Å². The smallest absolute Gasteiger partial charge is 0.232 e. The highest BCUT2D eigenvalue weighted by Crippen LogP contribution is 2.39. The molecule has 3 nitrogen and oxygen atoms in total. The Balaban J connectivity index is 1.67. The van der Waals surface area contributed by atoms with Gasteiger partial charge in [0.25, 0.3) is 0 Å². The molecular formula is C21H16BrNO2. The second kappa shape index (κ2) is 6.37. The maximum atomic E-state index is 12.5. The lowest BCUT2D eigenvalue weighted by atomic mass is 9.91. The molecule has 3 aromatic rings. The van der Waals surface area contributed by atoms with Crippen molar-refractivity contribution in [1.82, 2.24) is 0 Å². The Morgan fingerprint density at radius 1 is 0.960 bits per heavy atom. The first kappa shape index (κ1) is 15.9. The molecule has 124 valence electrons. The van der Waals surface area contributed by atoms with Gasteiger partial charge in [-0.25, -0.2) is 0 Å². The fourth-order valence-corrected chi connectivity index (χ4v) is 3.69. The molecule has 0 radical (unpaired) electrons. The van der Waals surface area contributed by atoms with E-state index in [1.165, 1.54) is 0 Å². The second-order valence-electron chi connectivity index (χ2n) is 6.19. The van der Waals surface area contributed by atoms with Gasteiger partial charge in [0, 0.05) is 10.2 Å². The van der Waals surface area contributed by atoms with Crippen molar-refractivity contribution in [3.05, 3.63) is 82.3 Å². The van der Waals surface area contributed by atoms with E-state index in [4.69, 9.17) is 0 Å². The van der Waals surface area contributed by atoms with Crippen LogP contribution in [0.5, 0.6) is 5.75 Å². The van der Waals surface area contributed by atoms with E-state index in [1.54, 1.807) is 12.1 Å². The van der Waals surface area contributed by atoms with E-state index in [1.807, 2.05) is 42.5 Å². The van der Waals surface area contributed by atoms with Gasteiger partial charge in [0.15, 0.2) is 0 Å². The van der Waals surface area contributed by atoms with Crippen molar-refractivity contribution in [1.29, 1.82) is 0 Å². The first-order valence-corrected chi connectivity index (χ1v) is 8.89. The van der Waals surface area contributed by atoms with Crippen molar-refractivity contribution < 1.29 is 9.90 Å². The lowest BCUT2D eigenvalue weighted by Gasteiger charge is -2.11. The molecule has 4 heteroatoms. The van der Waals surface area contributed by atoms with E-state index in [9.17, 15) is 9.90 Å². The molecule has 1 aliphatic rings. The predicted octanol–water partition coefficient (Wildman–Crippen LogP) is 5.10. The number of hydrogen-bond acceptors (Lipinski definition) is 2. The topological polar surface area (TPSA) is 49.3 Å². The van der Waals surface area contributed by atoms with E-state index in [0.717, 1.165) is 32.4 Å². The Kier molecular flexibility index (Phi) is 4.06. The first-order chi connectivity index (χ1) is 12.1. The van der Waals surface area contributed by atoms with E-state index in [-0.39, 0.29) is 17.6 Å². The number of aromatic hydroxyl groups is 1. The third kappa shape index (κ3) is 3.05. The predicted molar refractivity (Wildman–Crippen MR) is 103 cm³/mol. The molecule has 1 heterocycles. The van der Waals surface area contributed by atoms with E-state index in [2.05, 4.69) is 33.4 Å². The summed E-state index contributed by atoms with van der Waals surface area (Å²) >= 11 is 3.42. The minimum absolute atomic E-state index is 0.0282. The molecule has 1 aliphatic heterocycles. The van der Waals surface area contributed by atoms with Crippen molar-refractivity contribution in [2.45, 2.75) is 12.3 Å². The van der Waals surface area contributed by atoms with Crippen LogP contribution < -0.4 is 5.32 Å². The van der Waals surface area contributed by atoms with Crippen LogP contribution in [0.1, 0.15) is 17.0 Å². The molecule has 0 saturated carbocycles. The second-order valence-corrected chi connectivity index (χ2v) is 7.10. The van der Waals surface area contributed by atoms with Gasteiger partial charge < -0.3 is 10.4 Å². The summed E-state index contributed by atoms with van der Waals surface area (Å²) in [6.45, 7) is 0. The molecule has 2 N–H and O–H groups in total. The van der Waals surface area contributed by atoms with Crippen molar-refractivity contribution in [3.8, 4) is 16.9 Å². The molecule has 1 unspecified atom stereocenters. The molecule has 0 saturated heterocycles. The molecule has 4 rings (SSSR count). The monoisotopic (exact) mass is 393 g/mol. The molecular weight excluding hydrogens is 378 g/mol. The van der Waals surface area contributed by atoms with Crippen LogP contribution >= 0.6 is 15.9 Å². The highest BCUT2D eigenvalue weighted by Gasteiger charge is 2.31. The summed E-state index contributed by atoms with van der Waals surface area (Å²) in [6.07, 6.45) is 0.467. The number of amides is 1. The fourth-order valence-electron chi connectivity index (χ4n) is 3.28. The van der Waals surface area contributed by atoms with Gasteiger partial charge >= 0.3 is 0 Å². The number of halogens is 1. The number of rotatable bonds is 3. The number of phenolic OH excluding ortho intramolecular Hbond substituents is 1. The quantitative estimate of drug-likeness (QED) is 0.650. The van der Waals surface area contributed by atoms with Gasteiger partial charge in [0.1, 0.15) is 5.75 Å². The third-order valence-corrected chi connectivity index (χ3v) is 5.07. The van der Waals surface area contributed by atoms with Crippen LogP contribution in [-0.2, 0) is 11.2 Å². The molecule has 0 bridgehead atoms. The summed E-state index contributed by atoms with van der Waals surface area (Å²) in [5.74, 6) is -0.107. The van der Waals surface area contributed by atoms with Crippen molar-refractivity contribution in [3.63, 3.8) is 0 Å². The van der Waals surface area contributed by atoms with E-state index in [0.29, 0.717) is 6.42 Å². The maximum absolute atomic E-state index is 12.5. The fraction of sp³-hybridized carbons (Fsp3) is 0.0952. The minimum atomic E-state index is -0.292. The molecule has 0 spiro atoms. The largest absolute Gasteiger partial charge is 0.508 e. The zero-order valence-corrected chi connectivity index (χ0v) is 15.0. The van der Waals surface area contributed by atoms with Crippen LogP contribution in [0.2, 0.25) is 0 Å². The highest BCUT2D eigenvalue weighted by atomic mass is 79.9. The summed E-state index contributed by atoms with van der Waals surface area (Å²) < 4.78 is 0.887. The van der Waals surface area contributed by atoms with Crippen molar-refractivity contribution in [2.75, 3.05) is 5.32 Å². The number of anilines is 1. The molecule has 0 aromatic heterocycles. The van der Waals surface area contributed by atoms with Crippen molar-refractivity contribution in [2.24, 2.45) is 0 Å². The van der Waals surface area contributed by atoms with Gasteiger partial charge in [0.2, 0.25) is 5.91 Å². The minimum Gasteiger partial charge on any atom is -0.508 e. The van der Waals surface area contributed by atoms with Crippen LogP contribution in [0.25, 0.3) is 11.1 Å². The van der Waals surface area contributed by atoms with Gasteiger partial charge in [-0.2, -0.15) is 0 Å². The van der Waals surface area contributed by atoms with Crippen molar-refractivity contribution >= 4 is 27.5 Å².